The number of morpholine rings is 1. The van der Waals surface area contributed by atoms with Crippen molar-refractivity contribution in [2.45, 2.75) is 12.8 Å². The number of benzene rings is 1. The van der Waals surface area contributed by atoms with Gasteiger partial charge in [-0.1, -0.05) is 18.2 Å². The molecule has 0 bridgehead atoms. The molecule has 17 heavy (non-hydrogen) atoms. The van der Waals surface area contributed by atoms with Crippen LogP contribution in [0.15, 0.2) is 24.3 Å². The molecule has 1 aromatic carbocycles. The quantitative estimate of drug-likeness (QED) is 0.574. The van der Waals surface area contributed by atoms with E-state index in [1.54, 1.807) is 12.1 Å². The minimum Gasteiger partial charge on any atom is -0.414 e. The second-order valence-corrected chi connectivity index (χ2v) is 4.04. The third kappa shape index (κ3) is 2.82. The lowest BCUT2D eigenvalue weighted by Gasteiger charge is -2.32. The normalized spacial score (nSPS) is 24.4. The Labute approximate surface area is 99.9 Å². The molecule has 0 aromatic heterocycles. The summed E-state index contributed by atoms with van der Waals surface area (Å²) < 4.78 is 10.5. The van der Waals surface area contributed by atoms with Crippen LogP contribution in [-0.4, -0.2) is 31.6 Å². The van der Waals surface area contributed by atoms with Gasteiger partial charge in [0.1, 0.15) is 0 Å². The Morgan fingerprint density at radius 2 is 2.29 bits per heavy atom. The summed E-state index contributed by atoms with van der Waals surface area (Å²) in [5.74, 6) is -1.83. The fourth-order valence-corrected chi connectivity index (χ4v) is 1.69. The molecule has 1 aliphatic rings. The van der Waals surface area contributed by atoms with Gasteiger partial charge in [-0.05, 0) is 18.6 Å². The van der Waals surface area contributed by atoms with Gasteiger partial charge in [-0.2, -0.15) is 0 Å². The maximum atomic E-state index is 11.9. The van der Waals surface area contributed by atoms with Crippen LogP contribution in [-0.2, 0) is 9.47 Å². The predicted molar refractivity (Wildman–Crippen MR) is 62.3 cm³/mol. The van der Waals surface area contributed by atoms with Crippen LogP contribution in [0.4, 0.5) is 0 Å². The van der Waals surface area contributed by atoms with E-state index in [2.05, 4.69) is 5.32 Å². The lowest BCUT2D eigenvalue weighted by molar-refractivity contribution is -0.210. The molecule has 92 valence electrons. The summed E-state index contributed by atoms with van der Waals surface area (Å²) >= 11 is 0. The molecule has 1 saturated heterocycles. The van der Waals surface area contributed by atoms with Crippen molar-refractivity contribution in [3.05, 3.63) is 35.4 Å². The highest BCUT2D eigenvalue weighted by Crippen LogP contribution is 2.14. The number of nitrogens with two attached hydrogens (primary N) is 1. The summed E-state index contributed by atoms with van der Waals surface area (Å²) in [5, 5.41) is 3.02. The Morgan fingerprint density at radius 3 is 2.94 bits per heavy atom. The van der Waals surface area contributed by atoms with E-state index in [1.165, 1.54) is 0 Å². The number of rotatable bonds is 2. The van der Waals surface area contributed by atoms with Crippen LogP contribution in [0.3, 0.4) is 0 Å². The molecule has 1 fully saturated rings. The van der Waals surface area contributed by atoms with Gasteiger partial charge in [0.25, 0.3) is 5.91 Å². The van der Waals surface area contributed by atoms with Gasteiger partial charge in [-0.3, -0.25) is 5.73 Å². The lowest BCUT2D eigenvalue weighted by atomic mass is 10.1. The first-order chi connectivity index (χ1) is 8.11. The molecule has 1 unspecified atom stereocenters. The molecule has 0 spiro atoms. The van der Waals surface area contributed by atoms with E-state index >= 15 is 0 Å². The number of hydrogen-bond acceptors (Lipinski definition) is 5. The molecule has 2 rings (SSSR count). The van der Waals surface area contributed by atoms with E-state index in [0.717, 1.165) is 5.56 Å². The van der Waals surface area contributed by atoms with Crippen molar-refractivity contribution in [2.75, 3.05) is 19.7 Å². The summed E-state index contributed by atoms with van der Waals surface area (Å²) in [7, 11) is 0. The molecule has 0 amide bonds. The van der Waals surface area contributed by atoms with Crippen molar-refractivity contribution in [3.63, 3.8) is 0 Å². The molecule has 3 N–H and O–H groups in total. The van der Waals surface area contributed by atoms with Gasteiger partial charge in [0.2, 0.25) is 0 Å². The van der Waals surface area contributed by atoms with Crippen LogP contribution in [0.5, 0.6) is 0 Å². The second-order valence-electron chi connectivity index (χ2n) is 4.04. The zero-order valence-corrected chi connectivity index (χ0v) is 9.73. The van der Waals surface area contributed by atoms with Crippen molar-refractivity contribution in [1.82, 2.24) is 5.32 Å². The number of aryl methyl sites for hydroxylation is 1. The molecular formula is C12H16N2O3. The Morgan fingerprint density at radius 1 is 1.53 bits per heavy atom. The highest BCUT2D eigenvalue weighted by atomic mass is 16.7. The Bertz CT molecular complexity index is 414. The SMILES string of the molecule is Cc1ccccc1C(=O)OC1(N)CNCCO1. The topological polar surface area (TPSA) is 73.6 Å². The highest BCUT2D eigenvalue weighted by Gasteiger charge is 2.33. The van der Waals surface area contributed by atoms with Gasteiger partial charge in [-0.25, -0.2) is 4.79 Å². The fraction of sp³-hybridized carbons (Fsp3) is 0.417. The lowest BCUT2D eigenvalue weighted by Crippen LogP contribution is -2.58. The van der Waals surface area contributed by atoms with Crippen LogP contribution in [0, 0.1) is 6.92 Å². The van der Waals surface area contributed by atoms with E-state index < -0.39 is 11.9 Å². The van der Waals surface area contributed by atoms with Crippen molar-refractivity contribution in [3.8, 4) is 0 Å². The molecule has 0 radical (unpaired) electrons. The van der Waals surface area contributed by atoms with Crippen LogP contribution in [0.2, 0.25) is 0 Å². The fourth-order valence-electron chi connectivity index (χ4n) is 1.69. The zero-order chi connectivity index (χ0) is 12.3. The monoisotopic (exact) mass is 236 g/mol. The molecule has 5 heteroatoms. The molecule has 1 atom stereocenters. The van der Waals surface area contributed by atoms with Crippen LogP contribution in [0.25, 0.3) is 0 Å². The third-order valence-corrected chi connectivity index (χ3v) is 2.63. The molecular weight excluding hydrogens is 220 g/mol. The summed E-state index contributed by atoms with van der Waals surface area (Å²) in [5.41, 5.74) is 7.18. The summed E-state index contributed by atoms with van der Waals surface area (Å²) in [6.45, 7) is 3.28. The van der Waals surface area contributed by atoms with Crippen molar-refractivity contribution in [1.29, 1.82) is 0 Å². The molecule has 1 aliphatic heterocycles. The van der Waals surface area contributed by atoms with Gasteiger partial charge >= 0.3 is 5.97 Å². The number of carbonyl (C=O) groups excluding carboxylic acids is 1. The van der Waals surface area contributed by atoms with E-state index in [4.69, 9.17) is 15.2 Å². The van der Waals surface area contributed by atoms with Gasteiger partial charge in [0.15, 0.2) is 0 Å². The summed E-state index contributed by atoms with van der Waals surface area (Å²) in [6, 6.07) is 7.20. The maximum Gasteiger partial charge on any atom is 0.341 e. The molecule has 0 aliphatic carbocycles. The van der Waals surface area contributed by atoms with E-state index in [-0.39, 0.29) is 0 Å². The molecule has 5 nitrogen and oxygen atoms in total. The van der Waals surface area contributed by atoms with Gasteiger partial charge in [0, 0.05) is 6.54 Å². The average Bonchev–Trinajstić information content (AvgIpc) is 2.29. The van der Waals surface area contributed by atoms with Gasteiger partial charge < -0.3 is 14.8 Å². The van der Waals surface area contributed by atoms with E-state index in [0.29, 0.717) is 25.3 Å². The number of hydrogen-bond donors (Lipinski definition) is 2. The van der Waals surface area contributed by atoms with Gasteiger partial charge in [-0.15, -0.1) is 0 Å². The first-order valence-corrected chi connectivity index (χ1v) is 5.53. The standard InChI is InChI=1S/C12H16N2O3/c1-9-4-2-3-5-10(9)11(15)17-12(13)8-14-6-7-16-12/h2-5,14H,6-8,13H2,1H3. The Balaban J connectivity index is 2.09. The van der Waals surface area contributed by atoms with Crippen molar-refractivity contribution in [2.24, 2.45) is 5.73 Å². The van der Waals surface area contributed by atoms with Crippen LogP contribution >= 0.6 is 0 Å². The smallest absolute Gasteiger partial charge is 0.341 e. The third-order valence-electron chi connectivity index (χ3n) is 2.63. The largest absolute Gasteiger partial charge is 0.414 e. The molecule has 1 heterocycles. The maximum absolute atomic E-state index is 11.9. The Kier molecular flexibility index (Phi) is 3.42. The first kappa shape index (κ1) is 12.0. The highest BCUT2D eigenvalue weighted by molar-refractivity contribution is 5.91. The summed E-state index contributed by atoms with van der Waals surface area (Å²) in [4.78, 5) is 11.9. The summed E-state index contributed by atoms with van der Waals surface area (Å²) in [6.07, 6.45) is 0. The number of ether oxygens (including phenoxy) is 2. The van der Waals surface area contributed by atoms with Gasteiger partial charge in [0.05, 0.1) is 18.7 Å². The van der Waals surface area contributed by atoms with Crippen molar-refractivity contribution < 1.29 is 14.3 Å². The van der Waals surface area contributed by atoms with E-state index in [1.807, 2.05) is 19.1 Å². The predicted octanol–water partition coefficient (Wildman–Crippen LogP) is 0.384. The molecule has 1 aromatic rings. The van der Waals surface area contributed by atoms with Crippen LogP contribution < -0.4 is 11.1 Å². The minimum atomic E-state index is -1.36. The zero-order valence-electron chi connectivity index (χ0n) is 9.73. The molecule has 0 saturated carbocycles. The van der Waals surface area contributed by atoms with Crippen molar-refractivity contribution >= 4 is 5.97 Å². The number of esters is 1. The minimum absolute atomic E-state index is 0.296. The number of carbonyl (C=O) groups is 1. The second kappa shape index (κ2) is 4.83. The average molecular weight is 236 g/mol. The van der Waals surface area contributed by atoms with E-state index in [9.17, 15) is 4.79 Å². The Hall–Kier alpha value is -1.43. The number of nitrogens with one attached hydrogen (secondary N) is 1. The first-order valence-electron chi connectivity index (χ1n) is 5.53. The van der Waals surface area contributed by atoms with Crippen LogP contribution in [0.1, 0.15) is 15.9 Å².